The average Bonchev–Trinajstić information content (AvgIpc) is 3.28. The molecule has 0 aliphatic carbocycles. The van der Waals surface area contributed by atoms with Crippen LogP contribution in [0.3, 0.4) is 0 Å². The highest BCUT2D eigenvalue weighted by Crippen LogP contribution is 2.41. The molecule has 5 heteroatoms. The van der Waals surface area contributed by atoms with Gasteiger partial charge in [0.15, 0.2) is 4.96 Å². The van der Waals surface area contributed by atoms with Crippen LogP contribution in [-0.2, 0) is 0 Å². The maximum atomic E-state index is 6.13. The zero-order valence-corrected chi connectivity index (χ0v) is 17.9. The van der Waals surface area contributed by atoms with Gasteiger partial charge in [-0.25, -0.2) is 4.98 Å². The Kier molecular flexibility index (Phi) is 4.67. The number of hydrogen-bond acceptors (Lipinski definition) is 2. The van der Waals surface area contributed by atoms with Crippen LogP contribution in [0, 0.1) is 6.92 Å². The number of rotatable bonds is 3. The second-order valence-corrected chi connectivity index (χ2v) is 8.79. The molecule has 0 aliphatic rings. The third-order valence-corrected chi connectivity index (χ3v) is 6.50. The van der Waals surface area contributed by atoms with Crippen LogP contribution in [0.4, 0.5) is 0 Å². The smallest absolute Gasteiger partial charge is 0.195 e. The SMILES string of the molecule is Cc1ccc(-c2cn3c(-c4ccc(Cl)cc4)c(-c4ccc(Cl)cc4)sc3n2)cc1. The van der Waals surface area contributed by atoms with E-state index in [2.05, 4.69) is 53.9 Å². The standard InChI is InChI=1S/C24H16Cl2N2S/c1-15-2-4-16(5-3-15)21-14-28-22(17-6-10-19(25)11-7-17)23(29-24(28)27-21)18-8-12-20(26)13-9-18/h2-14H,1H3. The number of nitrogens with zero attached hydrogens (tertiary/aromatic N) is 2. The van der Waals surface area contributed by atoms with Crippen molar-refractivity contribution in [3.05, 3.63) is 94.6 Å². The van der Waals surface area contributed by atoms with E-state index in [9.17, 15) is 0 Å². The predicted octanol–water partition coefficient (Wildman–Crippen LogP) is 8.01. The van der Waals surface area contributed by atoms with E-state index in [4.69, 9.17) is 28.2 Å². The molecule has 0 N–H and O–H groups in total. The second kappa shape index (κ2) is 7.34. The predicted molar refractivity (Wildman–Crippen MR) is 124 cm³/mol. The van der Waals surface area contributed by atoms with Crippen LogP contribution < -0.4 is 0 Å². The summed E-state index contributed by atoms with van der Waals surface area (Å²) in [5.41, 5.74) is 6.64. The molecule has 0 saturated carbocycles. The lowest BCUT2D eigenvalue weighted by Gasteiger charge is -2.06. The number of imidazole rings is 1. The molecular weight excluding hydrogens is 419 g/mol. The highest BCUT2D eigenvalue weighted by molar-refractivity contribution is 7.20. The van der Waals surface area contributed by atoms with Crippen molar-refractivity contribution in [1.82, 2.24) is 9.38 Å². The Hall–Kier alpha value is -2.59. The van der Waals surface area contributed by atoms with Gasteiger partial charge in [-0.2, -0.15) is 0 Å². The van der Waals surface area contributed by atoms with Gasteiger partial charge >= 0.3 is 0 Å². The van der Waals surface area contributed by atoms with Crippen LogP contribution >= 0.6 is 34.5 Å². The zero-order chi connectivity index (χ0) is 20.0. The highest BCUT2D eigenvalue weighted by atomic mass is 35.5. The van der Waals surface area contributed by atoms with Crippen molar-refractivity contribution < 1.29 is 0 Å². The number of thiazole rings is 1. The first kappa shape index (κ1) is 18.4. The third-order valence-electron chi connectivity index (χ3n) is 4.89. The number of fused-ring (bicyclic) bond motifs is 1. The number of aromatic nitrogens is 2. The molecule has 3 aromatic carbocycles. The minimum Gasteiger partial charge on any atom is -0.289 e. The van der Waals surface area contributed by atoms with Gasteiger partial charge in [0.2, 0.25) is 0 Å². The summed E-state index contributed by atoms with van der Waals surface area (Å²) in [7, 11) is 0. The maximum Gasteiger partial charge on any atom is 0.195 e. The van der Waals surface area contributed by atoms with Gasteiger partial charge in [-0.05, 0) is 36.8 Å². The zero-order valence-electron chi connectivity index (χ0n) is 15.6. The molecule has 2 aromatic heterocycles. The van der Waals surface area contributed by atoms with Gasteiger partial charge in [-0.1, -0.05) is 88.6 Å². The molecule has 5 aromatic rings. The minimum absolute atomic E-state index is 0.722. The second-order valence-electron chi connectivity index (χ2n) is 6.94. The van der Waals surface area contributed by atoms with E-state index < -0.39 is 0 Å². The van der Waals surface area contributed by atoms with E-state index >= 15 is 0 Å². The van der Waals surface area contributed by atoms with Crippen LogP contribution in [0.1, 0.15) is 5.56 Å². The maximum absolute atomic E-state index is 6.13. The Morgan fingerprint density at radius 2 is 1.28 bits per heavy atom. The van der Waals surface area contributed by atoms with Crippen molar-refractivity contribution in [1.29, 1.82) is 0 Å². The Morgan fingerprint density at radius 3 is 1.90 bits per heavy atom. The highest BCUT2D eigenvalue weighted by Gasteiger charge is 2.18. The van der Waals surface area contributed by atoms with E-state index in [1.54, 1.807) is 11.3 Å². The third kappa shape index (κ3) is 3.46. The molecule has 0 saturated heterocycles. The Bertz CT molecular complexity index is 1300. The summed E-state index contributed by atoms with van der Waals surface area (Å²) in [5, 5.41) is 1.45. The first-order chi connectivity index (χ1) is 14.1. The van der Waals surface area contributed by atoms with Crippen molar-refractivity contribution >= 4 is 39.5 Å². The Balaban J connectivity index is 1.73. The average molecular weight is 435 g/mol. The van der Waals surface area contributed by atoms with Crippen molar-refractivity contribution in [2.45, 2.75) is 6.92 Å². The molecule has 0 amide bonds. The van der Waals surface area contributed by atoms with Crippen molar-refractivity contribution in [3.8, 4) is 33.0 Å². The summed E-state index contributed by atoms with van der Waals surface area (Å²) < 4.78 is 2.17. The van der Waals surface area contributed by atoms with E-state index in [1.807, 2.05) is 36.4 Å². The molecule has 142 valence electrons. The molecule has 0 aliphatic heterocycles. The van der Waals surface area contributed by atoms with Crippen LogP contribution in [0.2, 0.25) is 10.0 Å². The molecule has 0 unspecified atom stereocenters. The summed E-state index contributed by atoms with van der Waals surface area (Å²) in [6.45, 7) is 2.09. The van der Waals surface area contributed by atoms with E-state index in [0.29, 0.717) is 0 Å². The molecular formula is C24H16Cl2N2S. The lowest BCUT2D eigenvalue weighted by Crippen LogP contribution is -1.87. The Morgan fingerprint density at radius 1 is 0.724 bits per heavy atom. The summed E-state index contributed by atoms with van der Waals surface area (Å²) >= 11 is 13.9. The lowest BCUT2D eigenvalue weighted by molar-refractivity contribution is 1.24. The van der Waals surface area contributed by atoms with Crippen molar-refractivity contribution in [2.24, 2.45) is 0 Å². The lowest BCUT2D eigenvalue weighted by atomic mass is 10.1. The van der Waals surface area contributed by atoms with Gasteiger partial charge in [-0.15, -0.1) is 0 Å². The molecule has 2 heterocycles. The van der Waals surface area contributed by atoms with Crippen LogP contribution in [0.25, 0.3) is 37.9 Å². The van der Waals surface area contributed by atoms with Crippen LogP contribution in [0.5, 0.6) is 0 Å². The minimum atomic E-state index is 0.722. The van der Waals surface area contributed by atoms with E-state index in [-0.39, 0.29) is 0 Å². The topological polar surface area (TPSA) is 17.3 Å². The van der Waals surface area contributed by atoms with Gasteiger partial charge in [0.1, 0.15) is 0 Å². The van der Waals surface area contributed by atoms with Gasteiger partial charge in [0, 0.05) is 27.4 Å². The van der Waals surface area contributed by atoms with Gasteiger partial charge < -0.3 is 0 Å². The summed E-state index contributed by atoms with van der Waals surface area (Å²) in [4.78, 5) is 7.02. The number of halogens is 2. The van der Waals surface area contributed by atoms with Gasteiger partial charge in [0.05, 0.1) is 16.3 Å². The fourth-order valence-electron chi connectivity index (χ4n) is 3.38. The Labute approximate surface area is 183 Å². The fraction of sp³-hybridized carbons (Fsp3) is 0.0417. The van der Waals surface area contributed by atoms with Crippen molar-refractivity contribution in [2.75, 3.05) is 0 Å². The van der Waals surface area contributed by atoms with Gasteiger partial charge in [0.25, 0.3) is 0 Å². The quantitative estimate of drug-likeness (QED) is 0.281. The summed E-state index contributed by atoms with van der Waals surface area (Å²) in [6.07, 6.45) is 2.11. The first-order valence-electron chi connectivity index (χ1n) is 9.19. The van der Waals surface area contributed by atoms with Crippen LogP contribution in [-0.4, -0.2) is 9.38 Å². The molecule has 29 heavy (non-hydrogen) atoms. The molecule has 0 atom stereocenters. The largest absolute Gasteiger partial charge is 0.289 e. The van der Waals surface area contributed by atoms with Crippen molar-refractivity contribution in [3.63, 3.8) is 0 Å². The summed E-state index contributed by atoms with van der Waals surface area (Å²) in [5.74, 6) is 0. The number of benzene rings is 3. The number of aryl methyl sites for hydroxylation is 1. The molecule has 0 bridgehead atoms. The normalized spacial score (nSPS) is 11.3. The molecule has 0 fully saturated rings. The van der Waals surface area contributed by atoms with Gasteiger partial charge in [-0.3, -0.25) is 4.40 Å². The summed E-state index contributed by atoms with van der Waals surface area (Å²) in [6, 6.07) is 24.3. The van der Waals surface area contributed by atoms with Crippen LogP contribution in [0.15, 0.2) is 79.0 Å². The van der Waals surface area contributed by atoms with E-state index in [1.165, 1.54) is 5.56 Å². The molecule has 5 rings (SSSR count). The fourth-order valence-corrected chi connectivity index (χ4v) is 4.77. The monoisotopic (exact) mass is 434 g/mol. The first-order valence-corrected chi connectivity index (χ1v) is 10.8. The number of hydrogen-bond donors (Lipinski definition) is 0. The molecule has 2 nitrogen and oxygen atoms in total. The molecule has 0 radical (unpaired) electrons. The van der Waals surface area contributed by atoms with E-state index in [0.717, 1.165) is 48.0 Å². The molecule has 0 spiro atoms.